The Balaban J connectivity index is 0.000000557. The molecule has 0 atom stereocenters. The number of carboxylic acids is 1. The number of benzene rings is 1. The van der Waals surface area contributed by atoms with Crippen molar-refractivity contribution < 1.29 is 19.8 Å². The van der Waals surface area contributed by atoms with Crippen molar-refractivity contribution in [3.05, 3.63) is 30.3 Å². The standard InChI is InChI=1S/C8H11N3O2.C2H4O2/c9-8(10)11(6-12)13-7-4-2-1-3-5-7;1-2(3)4/h1-5,12H,6H2,(H3,9,10);1H3,(H,3,4). The number of hydrogen-bond donors (Lipinski definition) is 4. The van der Waals surface area contributed by atoms with Gasteiger partial charge in [-0.15, -0.1) is 0 Å². The molecule has 0 saturated heterocycles. The molecule has 0 aromatic heterocycles. The summed E-state index contributed by atoms with van der Waals surface area (Å²) in [5.41, 5.74) is 5.12. The summed E-state index contributed by atoms with van der Waals surface area (Å²) in [5.74, 6) is -0.655. The van der Waals surface area contributed by atoms with Crippen LogP contribution in [0.2, 0.25) is 0 Å². The van der Waals surface area contributed by atoms with Gasteiger partial charge >= 0.3 is 0 Å². The molecule has 7 nitrogen and oxygen atoms in total. The summed E-state index contributed by atoms with van der Waals surface area (Å²) in [5, 5.41) is 24.0. The van der Waals surface area contributed by atoms with Crippen molar-refractivity contribution >= 4 is 11.9 Å². The van der Waals surface area contributed by atoms with Gasteiger partial charge < -0.3 is 20.8 Å². The van der Waals surface area contributed by atoms with Crippen LogP contribution in [0.1, 0.15) is 6.92 Å². The monoisotopic (exact) mass is 241 g/mol. The van der Waals surface area contributed by atoms with E-state index < -0.39 is 12.7 Å². The highest BCUT2D eigenvalue weighted by Crippen LogP contribution is 2.09. The Kier molecular flexibility index (Phi) is 6.88. The maximum Gasteiger partial charge on any atom is 0.300 e. The molecular formula is C10H15N3O4. The summed E-state index contributed by atoms with van der Waals surface area (Å²) in [7, 11) is 0. The molecule has 0 spiro atoms. The molecule has 0 aliphatic heterocycles. The van der Waals surface area contributed by atoms with E-state index in [1.54, 1.807) is 24.3 Å². The van der Waals surface area contributed by atoms with Crippen molar-refractivity contribution in [2.75, 3.05) is 6.73 Å². The van der Waals surface area contributed by atoms with E-state index in [2.05, 4.69) is 0 Å². The van der Waals surface area contributed by atoms with Crippen LogP contribution in [-0.4, -0.2) is 33.9 Å². The lowest BCUT2D eigenvalue weighted by Crippen LogP contribution is -2.39. The molecule has 0 unspecified atom stereocenters. The van der Waals surface area contributed by atoms with Gasteiger partial charge in [-0.3, -0.25) is 10.2 Å². The molecule has 1 aromatic rings. The fourth-order valence-electron chi connectivity index (χ4n) is 0.763. The maximum absolute atomic E-state index is 9.00. The number of carboxylic acid groups (broad SMARTS) is 1. The molecule has 0 aliphatic carbocycles. The molecule has 7 heteroatoms. The largest absolute Gasteiger partial charge is 0.481 e. The molecule has 17 heavy (non-hydrogen) atoms. The zero-order valence-electron chi connectivity index (χ0n) is 9.33. The number of aliphatic carboxylic acids is 1. The lowest BCUT2D eigenvalue weighted by Gasteiger charge is -2.18. The fourth-order valence-corrected chi connectivity index (χ4v) is 0.763. The van der Waals surface area contributed by atoms with Gasteiger partial charge in [-0.1, -0.05) is 18.2 Å². The molecule has 0 fully saturated rings. The van der Waals surface area contributed by atoms with Crippen LogP contribution in [0.15, 0.2) is 30.3 Å². The Labute approximate surface area is 98.5 Å². The first-order valence-electron chi connectivity index (χ1n) is 4.62. The second kappa shape index (κ2) is 7.94. The first-order chi connectivity index (χ1) is 7.97. The molecular weight excluding hydrogens is 226 g/mol. The summed E-state index contributed by atoms with van der Waals surface area (Å²) in [4.78, 5) is 14.1. The van der Waals surface area contributed by atoms with E-state index in [0.29, 0.717) is 5.75 Å². The molecule has 1 aromatic carbocycles. The van der Waals surface area contributed by atoms with Crippen molar-refractivity contribution in [1.82, 2.24) is 5.06 Å². The van der Waals surface area contributed by atoms with Crippen LogP contribution in [0.3, 0.4) is 0 Å². The summed E-state index contributed by atoms with van der Waals surface area (Å²) >= 11 is 0. The number of aliphatic hydroxyl groups excluding tert-OH is 1. The third kappa shape index (κ3) is 7.63. The highest BCUT2D eigenvalue weighted by atomic mass is 16.7. The number of nitrogens with one attached hydrogen (secondary N) is 1. The Morgan fingerprint density at radius 1 is 1.47 bits per heavy atom. The summed E-state index contributed by atoms with van der Waals surface area (Å²) in [6.45, 7) is 0.629. The van der Waals surface area contributed by atoms with Gasteiger partial charge in [-0.2, -0.15) is 5.06 Å². The molecule has 94 valence electrons. The van der Waals surface area contributed by atoms with E-state index in [0.717, 1.165) is 12.0 Å². The topological polar surface area (TPSA) is 120 Å². The number of guanidine groups is 1. The van der Waals surface area contributed by atoms with Crippen molar-refractivity contribution in [3.8, 4) is 5.75 Å². The lowest BCUT2D eigenvalue weighted by molar-refractivity contribution is -0.134. The van der Waals surface area contributed by atoms with Crippen LogP contribution in [-0.2, 0) is 4.79 Å². The zero-order chi connectivity index (χ0) is 13.3. The summed E-state index contributed by atoms with van der Waals surface area (Å²) in [6, 6.07) is 8.80. The van der Waals surface area contributed by atoms with Gasteiger partial charge in [-0.25, -0.2) is 0 Å². The lowest BCUT2D eigenvalue weighted by atomic mass is 10.3. The highest BCUT2D eigenvalue weighted by molar-refractivity contribution is 5.73. The van der Waals surface area contributed by atoms with Gasteiger partial charge in [0.05, 0.1) is 0 Å². The zero-order valence-corrected chi connectivity index (χ0v) is 9.33. The van der Waals surface area contributed by atoms with Crippen molar-refractivity contribution in [2.24, 2.45) is 5.73 Å². The minimum absolute atomic E-state index is 0.341. The number of aliphatic hydroxyl groups is 1. The number of rotatable bonds is 3. The van der Waals surface area contributed by atoms with Crippen LogP contribution >= 0.6 is 0 Å². The van der Waals surface area contributed by atoms with Gasteiger partial charge in [0, 0.05) is 6.92 Å². The minimum Gasteiger partial charge on any atom is -0.481 e. The average Bonchev–Trinajstić information content (AvgIpc) is 2.26. The average molecular weight is 241 g/mol. The number of nitrogens with zero attached hydrogens (tertiary/aromatic N) is 1. The van der Waals surface area contributed by atoms with E-state index in [4.69, 9.17) is 31.0 Å². The third-order valence-corrected chi connectivity index (χ3v) is 1.36. The summed E-state index contributed by atoms with van der Waals surface area (Å²) < 4.78 is 0. The Hall–Kier alpha value is -2.28. The van der Waals surface area contributed by atoms with Crippen molar-refractivity contribution in [1.29, 1.82) is 5.41 Å². The SMILES string of the molecule is CC(=O)O.N=C(N)N(CO)Oc1ccccc1. The van der Waals surface area contributed by atoms with Crippen molar-refractivity contribution in [3.63, 3.8) is 0 Å². The van der Waals surface area contributed by atoms with Gasteiger partial charge in [-0.05, 0) is 12.1 Å². The van der Waals surface area contributed by atoms with Crippen LogP contribution in [0, 0.1) is 5.41 Å². The normalized spacial score (nSPS) is 8.59. The van der Waals surface area contributed by atoms with Gasteiger partial charge in [0.15, 0.2) is 12.5 Å². The number of nitrogens with two attached hydrogens (primary N) is 1. The van der Waals surface area contributed by atoms with E-state index in [1.807, 2.05) is 6.07 Å². The second-order valence-corrected chi connectivity index (χ2v) is 2.83. The Morgan fingerprint density at radius 3 is 2.29 bits per heavy atom. The molecule has 0 amide bonds. The third-order valence-electron chi connectivity index (χ3n) is 1.36. The highest BCUT2D eigenvalue weighted by Gasteiger charge is 2.05. The van der Waals surface area contributed by atoms with Crippen LogP contribution in [0.5, 0.6) is 5.75 Å². The molecule has 0 radical (unpaired) electrons. The minimum atomic E-state index is -0.833. The first kappa shape index (κ1) is 14.7. The van der Waals surface area contributed by atoms with Gasteiger partial charge in [0.2, 0.25) is 5.96 Å². The Morgan fingerprint density at radius 2 is 1.94 bits per heavy atom. The summed E-state index contributed by atoms with van der Waals surface area (Å²) in [6.07, 6.45) is 0. The van der Waals surface area contributed by atoms with Crippen LogP contribution in [0.25, 0.3) is 0 Å². The van der Waals surface area contributed by atoms with E-state index in [1.165, 1.54) is 0 Å². The predicted molar refractivity (Wildman–Crippen MR) is 61.2 cm³/mol. The van der Waals surface area contributed by atoms with Gasteiger partial charge in [0.25, 0.3) is 5.97 Å². The second-order valence-electron chi connectivity index (χ2n) is 2.83. The van der Waals surface area contributed by atoms with Crippen molar-refractivity contribution in [2.45, 2.75) is 6.92 Å². The quantitative estimate of drug-likeness (QED) is 0.260. The number of hydroxylamine groups is 2. The number of carbonyl (C=O) groups is 1. The fraction of sp³-hybridized carbons (Fsp3) is 0.200. The van der Waals surface area contributed by atoms with Crippen LogP contribution in [0.4, 0.5) is 0 Å². The number of para-hydroxylation sites is 1. The molecule has 1 rings (SSSR count). The molecule has 0 aliphatic rings. The first-order valence-corrected chi connectivity index (χ1v) is 4.62. The van der Waals surface area contributed by atoms with Crippen LogP contribution < -0.4 is 10.6 Å². The number of hydrogen-bond acceptors (Lipinski definition) is 4. The smallest absolute Gasteiger partial charge is 0.300 e. The molecule has 0 saturated carbocycles. The maximum atomic E-state index is 9.00. The molecule has 0 bridgehead atoms. The molecule has 0 heterocycles. The van der Waals surface area contributed by atoms with E-state index >= 15 is 0 Å². The van der Waals surface area contributed by atoms with E-state index in [-0.39, 0.29) is 5.96 Å². The predicted octanol–water partition coefficient (Wildman–Crippen LogP) is 0.217. The molecule has 5 N–H and O–H groups in total. The van der Waals surface area contributed by atoms with Gasteiger partial charge in [0.1, 0.15) is 0 Å². The Bertz CT molecular complexity index is 352. The van der Waals surface area contributed by atoms with E-state index in [9.17, 15) is 0 Å².